The lowest BCUT2D eigenvalue weighted by atomic mass is 10.0. The van der Waals surface area contributed by atoms with Crippen LogP contribution in [0.3, 0.4) is 0 Å². The molecule has 0 radical (unpaired) electrons. The van der Waals surface area contributed by atoms with Crippen LogP contribution in [0.4, 0.5) is 0 Å². The topological polar surface area (TPSA) is 85.3 Å². The number of hydrogen-bond donors (Lipinski definition) is 4. The van der Waals surface area contributed by atoms with Gasteiger partial charge in [0.15, 0.2) is 5.43 Å². The highest BCUT2D eigenvalue weighted by molar-refractivity contribution is 5.13. The van der Waals surface area contributed by atoms with Gasteiger partial charge in [0.05, 0.1) is 6.10 Å². The number of aliphatic hydroxyl groups excluding tert-OH is 2. The summed E-state index contributed by atoms with van der Waals surface area (Å²) in [6.07, 6.45) is 1.23. The van der Waals surface area contributed by atoms with Gasteiger partial charge in [0.25, 0.3) is 0 Å². The monoisotopic (exact) mass is 212 g/mol. The van der Waals surface area contributed by atoms with Gasteiger partial charge in [-0.15, -0.1) is 0 Å². The largest absolute Gasteiger partial charge is 0.390 e. The number of aliphatic hydroxyl groups is 2. The second kappa shape index (κ2) is 5.65. The first-order chi connectivity index (χ1) is 7.16. The van der Waals surface area contributed by atoms with Crippen LogP contribution in [0.2, 0.25) is 0 Å². The third-order valence-corrected chi connectivity index (χ3v) is 2.23. The Kier molecular flexibility index (Phi) is 4.48. The molecule has 84 valence electrons. The predicted molar refractivity (Wildman–Crippen MR) is 56.6 cm³/mol. The molecule has 0 amide bonds. The van der Waals surface area contributed by atoms with E-state index in [4.69, 9.17) is 0 Å². The number of H-pyrrole nitrogens is 1. The molecular formula is C10H16N2O3. The molecule has 0 aromatic carbocycles. The Morgan fingerprint density at radius 2 is 2.27 bits per heavy atom. The van der Waals surface area contributed by atoms with E-state index in [1.54, 1.807) is 7.05 Å². The highest BCUT2D eigenvalue weighted by atomic mass is 16.3. The summed E-state index contributed by atoms with van der Waals surface area (Å²) < 4.78 is 0. The minimum absolute atomic E-state index is 0.195. The van der Waals surface area contributed by atoms with Gasteiger partial charge in [0.2, 0.25) is 0 Å². The van der Waals surface area contributed by atoms with Gasteiger partial charge in [-0.05, 0) is 20.0 Å². The molecule has 1 aromatic heterocycles. The summed E-state index contributed by atoms with van der Waals surface area (Å²) in [5.41, 5.74) is -0.0779. The summed E-state index contributed by atoms with van der Waals surface area (Å²) in [6.45, 7) is 0.586. The van der Waals surface area contributed by atoms with Gasteiger partial charge in [-0.1, -0.05) is 0 Å². The molecule has 15 heavy (non-hydrogen) atoms. The number of pyridine rings is 1. The molecule has 5 nitrogen and oxygen atoms in total. The van der Waals surface area contributed by atoms with E-state index in [0.717, 1.165) is 0 Å². The fraction of sp³-hybridized carbons (Fsp3) is 0.500. The number of nitrogens with one attached hydrogen (secondary N) is 2. The van der Waals surface area contributed by atoms with Crippen LogP contribution in [0, 0.1) is 0 Å². The molecule has 2 unspecified atom stereocenters. The minimum Gasteiger partial charge on any atom is -0.390 e. The molecule has 0 saturated heterocycles. The van der Waals surface area contributed by atoms with E-state index in [-0.39, 0.29) is 11.0 Å². The summed E-state index contributed by atoms with van der Waals surface area (Å²) in [5.74, 6) is 0. The average molecular weight is 212 g/mol. The molecule has 5 heteroatoms. The van der Waals surface area contributed by atoms with Crippen molar-refractivity contribution in [3.05, 3.63) is 34.2 Å². The fourth-order valence-electron chi connectivity index (χ4n) is 1.32. The lowest BCUT2D eigenvalue weighted by Gasteiger charge is -2.16. The fourth-order valence-corrected chi connectivity index (χ4v) is 1.32. The van der Waals surface area contributed by atoms with Crippen molar-refractivity contribution in [1.82, 2.24) is 10.3 Å². The number of rotatable bonds is 5. The van der Waals surface area contributed by atoms with Gasteiger partial charge in [0.1, 0.15) is 6.10 Å². The normalized spacial score (nSPS) is 14.9. The molecule has 2 atom stereocenters. The van der Waals surface area contributed by atoms with Crippen molar-refractivity contribution in [2.75, 3.05) is 13.6 Å². The molecule has 4 N–H and O–H groups in total. The second-order valence-electron chi connectivity index (χ2n) is 3.37. The maximum Gasteiger partial charge on any atom is 0.187 e. The summed E-state index contributed by atoms with van der Waals surface area (Å²) in [4.78, 5) is 14.0. The third kappa shape index (κ3) is 3.16. The van der Waals surface area contributed by atoms with Crippen LogP contribution in [0.25, 0.3) is 0 Å². The molecule has 0 fully saturated rings. The van der Waals surface area contributed by atoms with Crippen LogP contribution in [0.15, 0.2) is 23.3 Å². The highest BCUT2D eigenvalue weighted by Crippen LogP contribution is 2.14. The van der Waals surface area contributed by atoms with E-state index in [9.17, 15) is 15.0 Å². The first kappa shape index (κ1) is 11.9. The Labute approximate surface area is 87.8 Å². The van der Waals surface area contributed by atoms with Crippen LogP contribution in [0.5, 0.6) is 0 Å². The Morgan fingerprint density at radius 1 is 1.53 bits per heavy atom. The number of hydrogen-bond acceptors (Lipinski definition) is 4. The molecule has 0 saturated carbocycles. The Bertz CT molecular complexity index is 351. The molecule has 0 aliphatic carbocycles. The van der Waals surface area contributed by atoms with Crippen molar-refractivity contribution in [2.45, 2.75) is 18.6 Å². The zero-order valence-corrected chi connectivity index (χ0v) is 8.60. The van der Waals surface area contributed by atoms with Gasteiger partial charge >= 0.3 is 0 Å². The van der Waals surface area contributed by atoms with Gasteiger partial charge in [-0.25, -0.2) is 0 Å². The Hall–Kier alpha value is -1.17. The predicted octanol–water partition coefficient (Wildman–Crippen LogP) is -0.621. The summed E-state index contributed by atoms with van der Waals surface area (Å²) in [5, 5.41) is 22.1. The lowest BCUT2D eigenvalue weighted by molar-refractivity contribution is 0.0132. The highest BCUT2D eigenvalue weighted by Gasteiger charge is 2.19. The maximum absolute atomic E-state index is 11.3. The zero-order valence-electron chi connectivity index (χ0n) is 8.60. The van der Waals surface area contributed by atoms with Crippen molar-refractivity contribution in [1.29, 1.82) is 0 Å². The van der Waals surface area contributed by atoms with E-state index in [0.29, 0.717) is 13.0 Å². The van der Waals surface area contributed by atoms with Crippen molar-refractivity contribution in [2.24, 2.45) is 0 Å². The molecule has 0 aliphatic rings. The smallest absolute Gasteiger partial charge is 0.187 e. The van der Waals surface area contributed by atoms with Crippen LogP contribution < -0.4 is 10.7 Å². The first-order valence-corrected chi connectivity index (χ1v) is 4.84. The molecule has 0 spiro atoms. The number of aromatic amines is 1. The van der Waals surface area contributed by atoms with Crippen molar-refractivity contribution in [3.63, 3.8) is 0 Å². The van der Waals surface area contributed by atoms with E-state index in [2.05, 4.69) is 10.3 Å². The molecule has 1 heterocycles. The van der Waals surface area contributed by atoms with Gasteiger partial charge in [-0.2, -0.15) is 0 Å². The standard InChI is InChI=1S/C10H16N2O3/c1-11-4-2-9(14)10(15)7-6-12-5-3-8(7)13/h3,5-6,9-11,14-15H,2,4H2,1H3,(H,12,13). The molecule has 0 aliphatic heterocycles. The van der Waals surface area contributed by atoms with Crippen molar-refractivity contribution >= 4 is 0 Å². The van der Waals surface area contributed by atoms with E-state index in [1.807, 2.05) is 0 Å². The van der Waals surface area contributed by atoms with Crippen molar-refractivity contribution < 1.29 is 10.2 Å². The van der Waals surface area contributed by atoms with Gasteiger partial charge in [0, 0.05) is 24.0 Å². The van der Waals surface area contributed by atoms with Gasteiger partial charge < -0.3 is 20.5 Å². The average Bonchev–Trinajstić information content (AvgIpc) is 2.25. The lowest BCUT2D eigenvalue weighted by Crippen LogP contribution is -2.26. The Balaban J connectivity index is 2.71. The number of aromatic nitrogens is 1. The van der Waals surface area contributed by atoms with Crippen molar-refractivity contribution in [3.8, 4) is 0 Å². The van der Waals surface area contributed by atoms with Crippen LogP contribution in [-0.2, 0) is 0 Å². The Morgan fingerprint density at radius 3 is 2.87 bits per heavy atom. The SMILES string of the molecule is CNCCC(O)C(O)c1c[nH]ccc1=O. The second-order valence-corrected chi connectivity index (χ2v) is 3.37. The molecular weight excluding hydrogens is 196 g/mol. The quantitative estimate of drug-likeness (QED) is 0.524. The van der Waals surface area contributed by atoms with E-state index >= 15 is 0 Å². The summed E-state index contributed by atoms with van der Waals surface area (Å²) in [7, 11) is 1.76. The van der Waals surface area contributed by atoms with Crippen LogP contribution >= 0.6 is 0 Å². The summed E-state index contributed by atoms with van der Waals surface area (Å²) in [6, 6.07) is 1.32. The van der Waals surface area contributed by atoms with E-state index in [1.165, 1.54) is 18.5 Å². The third-order valence-electron chi connectivity index (χ3n) is 2.23. The minimum atomic E-state index is -1.14. The van der Waals surface area contributed by atoms with Crippen LogP contribution in [0.1, 0.15) is 18.1 Å². The van der Waals surface area contributed by atoms with E-state index < -0.39 is 12.2 Å². The van der Waals surface area contributed by atoms with Gasteiger partial charge in [-0.3, -0.25) is 4.79 Å². The summed E-state index contributed by atoms with van der Waals surface area (Å²) >= 11 is 0. The maximum atomic E-state index is 11.3. The van der Waals surface area contributed by atoms with Crippen LogP contribution in [-0.4, -0.2) is 34.9 Å². The first-order valence-electron chi connectivity index (χ1n) is 4.84. The molecule has 1 rings (SSSR count). The molecule has 0 bridgehead atoms. The molecule has 1 aromatic rings. The zero-order chi connectivity index (χ0) is 11.3.